The minimum atomic E-state index is -1.56. The van der Waals surface area contributed by atoms with Crippen molar-refractivity contribution in [3.05, 3.63) is 23.8 Å². The summed E-state index contributed by atoms with van der Waals surface area (Å²) < 4.78 is 16.0. The number of carboxylic acids is 1. The molecule has 5 unspecified atom stereocenters. The largest absolute Gasteiger partial charge is 0.493 e. The van der Waals surface area contributed by atoms with Crippen molar-refractivity contribution in [1.29, 1.82) is 0 Å². The number of aryl methyl sites for hydroxylation is 1. The summed E-state index contributed by atoms with van der Waals surface area (Å²) in [5, 5.41) is 47.6. The number of ether oxygens (including phenoxy) is 3. The molecular formula is C16H22O9. The standard InChI is InChI=1S/C16H22O9/c1-23-9-4-2-8(3-5-12(18)19)6-10(9)24-16-15(22)14(21)13(20)11(7-17)25-16/h2,4,6,11,13-17,20-22H,3,5,7H2,1H3,(H,18,19). The number of aliphatic carboxylic acids is 1. The molecule has 0 bridgehead atoms. The lowest BCUT2D eigenvalue weighted by atomic mass is 9.99. The fourth-order valence-corrected chi connectivity index (χ4v) is 2.51. The van der Waals surface area contributed by atoms with Gasteiger partial charge in [-0.1, -0.05) is 6.07 Å². The van der Waals surface area contributed by atoms with Crippen LogP contribution in [0.5, 0.6) is 11.5 Å². The van der Waals surface area contributed by atoms with E-state index < -0.39 is 43.3 Å². The van der Waals surface area contributed by atoms with Crippen LogP contribution < -0.4 is 9.47 Å². The lowest BCUT2D eigenvalue weighted by molar-refractivity contribution is -0.277. The van der Waals surface area contributed by atoms with Crippen LogP contribution in [0.2, 0.25) is 0 Å². The smallest absolute Gasteiger partial charge is 0.303 e. The van der Waals surface area contributed by atoms with Gasteiger partial charge in [-0.25, -0.2) is 0 Å². The second-order valence-corrected chi connectivity index (χ2v) is 5.69. The molecule has 0 aliphatic carbocycles. The number of benzene rings is 1. The highest BCUT2D eigenvalue weighted by Gasteiger charge is 2.44. The van der Waals surface area contributed by atoms with Crippen molar-refractivity contribution in [2.24, 2.45) is 0 Å². The molecule has 1 saturated heterocycles. The van der Waals surface area contributed by atoms with E-state index in [1.807, 2.05) is 0 Å². The number of aliphatic hydroxyl groups is 4. The van der Waals surface area contributed by atoms with E-state index in [1.54, 1.807) is 18.2 Å². The molecule has 1 aliphatic heterocycles. The van der Waals surface area contributed by atoms with Gasteiger partial charge in [0.05, 0.1) is 13.7 Å². The van der Waals surface area contributed by atoms with Crippen molar-refractivity contribution in [3.8, 4) is 11.5 Å². The Labute approximate surface area is 144 Å². The topological polar surface area (TPSA) is 146 Å². The third-order valence-corrected chi connectivity index (χ3v) is 3.95. The van der Waals surface area contributed by atoms with E-state index in [0.29, 0.717) is 11.3 Å². The van der Waals surface area contributed by atoms with Crippen molar-refractivity contribution in [2.45, 2.75) is 43.5 Å². The molecule has 0 radical (unpaired) electrons. The SMILES string of the molecule is COc1ccc(CCC(=O)O)cc1OC1OC(CO)C(O)C(O)C1O. The van der Waals surface area contributed by atoms with Gasteiger partial charge in [0.15, 0.2) is 11.5 Å². The lowest BCUT2D eigenvalue weighted by Gasteiger charge is -2.39. The van der Waals surface area contributed by atoms with Crippen LogP contribution in [0.1, 0.15) is 12.0 Å². The third kappa shape index (κ3) is 4.59. The molecule has 1 aliphatic rings. The number of methoxy groups -OCH3 is 1. The molecule has 25 heavy (non-hydrogen) atoms. The van der Waals surface area contributed by atoms with Crippen molar-refractivity contribution in [2.75, 3.05) is 13.7 Å². The maximum absolute atomic E-state index is 10.7. The summed E-state index contributed by atoms with van der Waals surface area (Å²) in [6, 6.07) is 4.81. The number of hydrogen-bond acceptors (Lipinski definition) is 8. The summed E-state index contributed by atoms with van der Waals surface area (Å²) in [4.78, 5) is 10.7. The Bertz CT molecular complexity index is 589. The number of aliphatic hydroxyl groups excluding tert-OH is 4. The second-order valence-electron chi connectivity index (χ2n) is 5.69. The van der Waals surface area contributed by atoms with Crippen LogP contribution in [0, 0.1) is 0 Å². The molecular weight excluding hydrogens is 336 g/mol. The second kappa shape index (κ2) is 8.45. The minimum absolute atomic E-state index is 0.0637. The average molecular weight is 358 g/mol. The fraction of sp³-hybridized carbons (Fsp3) is 0.562. The van der Waals surface area contributed by atoms with Crippen molar-refractivity contribution in [1.82, 2.24) is 0 Å². The maximum atomic E-state index is 10.7. The van der Waals surface area contributed by atoms with Crippen LogP contribution in [0.25, 0.3) is 0 Å². The molecule has 9 nitrogen and oxygen atoms in total. The predicted octanol–water partition coefficient (Wildman–Crippen LogP) is -1.11. The summed E-state index contributed by atoms with van der Waals surface area (Å²) in [5.41, 5.74) is 0.669. The number of carboxylic acid groups (broad SMARTS) is 1. The lowest BCUT2D eigenvalue weighted by Crippen LogP contribution is -2.60. The Hall–Kier alpha value is -1.91. The molecule has 5 atom stereocenters. The number of carbonyl (C=O) groups is 1. The maximum Gasteiger partial charge on any atom is 0.303 e. The fourth-order valence-electron chi connectivity index (χ4n) is 2.51. The van der Waals surface area contributed by atoms with E-state index in [4.69, 9.17) is 19.3 Å². The van der Waals surface area contributed by atoms with E-state index >= 15 is 0 Å². The van der Waals surface area contributed by atoms with Gasteiger partial charge in [-0.15, -0.1) is 0 Å². The quantitative estimate of drug-likeness (QED) is 0.409. The van der Waals surface area contributed by atoms with Gasteiger partial charge >= 0.3 is 5.97 Å². The molecule has 140 valence electrons. The summed E-state index contributed by atoms with van der Waals surface area (Å²) in [6.07, 6.45) is -6.83. The summed E-state index contributed by atoms with van der Waals surface area (Å²) in [5.74, 6) is -0.446. The Morgan fingerprint density at radius 3 is 2.48 bits per heavy atom. The minimum Gasteiger partial charge on any atom is -0.493 e. The molecule has 2 rings (SSSR count). The van der Waals surface area contributed by atoms with Gasteiger partial charge < -0.3 is 39.7 Å². The Morgan fingerprint density at radius 2 is 1.88 bits per heavy atom. The average Bonchev–Trinajstić information content (AvgIpc) is 2.60. The summed E-state index contributed by atoms with van der Waals surface area (Å²) in [7, 11) is 1.41. The normalized spacial score (nSPS) is 29.2. The molecule has 1 heterocycles. The van der Waals surface area contributed by atoms with Crippen molar-refractivity contribution < 1.29 is 44.5 Å². The van der Waals surface area contributed by atoms with E-state index in [1.165, 1.54) is 7.11 Å². The van der Waals surface area contributed by atoms with E-state index in [0.717, 1.165) is 0 Å². The number of rotatable bonds is 7. The van der Waals surface area contributed by atoms with Gasteiger partial charge in [0.25, 0.3) is 0 Å². The van der Waals surface area contributed by atoms with Crippen LogP contribution in [0.15, 0.2) is 18.2 Å². The van der Waals surface area contributed by atoms with E-state index in [2.05, 4.69) is 0 Å². The van der Waals surface area contributed by atoms with Crippen LogP contribution in [-0.2, 0) is 16.0 Å². The van der Waals surface area contributed by atoms with Crippen LogP contribution in [0.3, 0.4) is 0 Å². The van der Waals surface area contributed by atoms with Crippen molar-refractivity contribution >= 4 is 5.97 Å². The molecule has 9 heteroatoms. The van der Waals surface area contributed by atoms with Gasteiger partial charge in [-0.2, -0.15) is 0 Å². The molecule has 0 aromatic heterocycles. The monoisotopic (exact) mass is 358 g/mol. The molecule has 1 aromatic carbocycles. The van der Waals surface area contributed by atoms with Crippen molar-refractivity contribution in [3.63, 3.8) is 0 Å². The van der Waals surface area contributed by atoms with Gasteiger partial charge in [0, 0.05) is 6.42 Å². The van der Waals surface area contributed by atoms with E-state index in [9.17, 15) is 25.2 Å². The van der Waals surface area contributed by atoms with Crippen LogP contribution in [-0.4, -0.2) is 75.9 Å². The third-order valence-electron chi connectivity index (χ3n) is 3.95. The first-order valence-electron chi connectivity index (χ1n) is 7.73. The summed E-state index contributed by atoms with van der Waals surface area (Å²) in [6.45, 7) is -0.569. The zero-order valence-electron chi connectivity index (χ0n) is 13.6. The highest BCUT2D eigenvalue weighted by molar-refractivity contribution is 5.67. The first kappa shape index (κ1) is 19.4. The van der Waals surface area contributed by atoms with Crippen LogP contribution >= 0.6 is 0 Å². The molecule has 1 aromatic rings. The Kier molecular flexibility index (Phi) is 6.57. The Morgan fingerprint density at radius 1 is 1.16 bits per heavy atom. The van der Waals surface area contributed by atoms with Gasteiger partial charge in [-0.3, -0.25) is 4.79 Å². The first-order chi connectivity index (χ1) is 11.9. The zero-order valence-corrected chi connectivity index (χ0v) is 13.6. The van der Waals surface area contributed by atoms with E-state index in [-0.39, 0.29) is 18.6 Å². The Balaban J connectivity index is 2.19. The molecule has 5 N–H and O–H groups in total. The molecule has 0 spiro atoms. The number of hydrogen-bond donors (Lipinski definition) is 5. The molecule has 1 fully saturated rings. The molecule has 0 amide bonds. The first-order valence-corrected chi connectivity index (χ1v) is 7.73. The van der Waals surface area contributed by atoms with Gasteiger partial charge in [0.1, 0.15) is 24.4 Å². The van der Waals surface area contributed by atoms with Gasteiger partial charge in [0.2, 0.25) is 6.29 Å². The van der Waals surface area contributed by atoms with Gasteiger partial charge in [-0.05, 0) is 24.1 Å². The highest BCUT2D eigenvalue weighted by atomic mass is 16.7. The van der Waals surface area contributed by atoms with Crippen LogP contribution in [0.4, 0.5) is 0 Å². The summed E-state index contributed by atoms with van der Waals surface area (Å²) >= 11 is 0. The predicted molar refractivity (Wildman–Crippen MR) is 83.3 cm³/mol. The molecule has 0 saturated carbocycles. The zero-order chi connectivity index (χ0) is 18.6. The highest BCUT2D eigenvalue weighted by Crippen LogP contribution is 2.32.